The van der Waals surface area contributed by atoms with Crippen molar-refractivity contribution in [2.45, 2.75) is 0 Å². The number of anilines is 6. The standard InChI is InChI=1S/C62H44N2O/c1-4-13-45(14-5-1)47-23-33-54(34-24-47)63(55-35-25-48(26-36-55)46-15-6-2-7-16-46)56-37-27-49(28-38-56)50-29-39-57(40-30-50)64(60-22-12-20-51-17-10-11-21-59(51)60)58-41-31-53(32-42-58)62-44-43-61(65-62)52-18-8-3-9-19-52/h1-44H. The molecule has 1 heterocycles. The van der Waals surface area contributed by atoms with Gasteiger partial charge in [-0.1, -0.05) is 176 Å². The van der Waals surface area contributed by atoms with Crippen molar-refractivity contribution in [3.8, 4) is 56.0 Å². The highest BCUT2D eigenvalue weighted by molar-refractivity contribution is 5.99. The summed E-state index contributed by atoms with van der Waals surface area (Å²) in [5.41, 5.74) is 15.7. The second-order valence-corrected chi connectivity index (χ2v) is 16.2. The van der Waals surface area contributed by atoms with Gasteiger partial charge in [-0.3, -0.25) is 0 Å². The molecule has 0 saturated carbocycles. The van der Waals surface area contributed by atoms with Crippen LogP contribution < -0.4 is 9.80 Å². The lowest BCUT2D eigenvalue weighted by atomic mass is 10.0. The first-order valence-corrected chi connectivity index (χ1v) is 22.1. The van der Waals surface area contributed by atoms with E-state index in [2.05, 4.69) is 252 Å². The molecule has 0 aliphatic carbocycles. The predicted octanol–water partition coefficient (Wildman–Crippen LogP) is 17.7. The van der Waals surface area contributed by atoms with E-state index in [4.69, 9.17) is 4.42 Å². The zero-order chi connectivity index (χ0) is 43.4. The molecule has 11 aromatic rings. The molecule has 1 aromatic heterocycles. The fraction of sp³-hybridized carbons (Fsp3) is 0. The number of nitrogens with zero attached hydrogens (tertiary/aromatic N) is 2. The van der Waals surface area contributed by atoms with Gasteiger partial charge in [-0.15, -0.1) is 0 Å². The van der Waals surface area contributed by atoms with Crippen LogP contribution in [0.15, 0.2) is 271 Å². The molecule has 0 N–H and O–H groups in total. The maximum absolute atomic E-state index is 6.33. The van der Waals surface area contributed by atoms with Crippen molar-refractivity contribution < 1.29 is 4.42 Å². The SMILES string of the molecule is c1ccc(-c2ccc(N(c3ccc(-c4ccccc4)cc3)c3ccc(-c4ccc(N(c5ccc(-c6ccc(-c7ccccc7)o6)cc5)c5cccc6ccccc56)cc4)cc3)cc2)cc1. The summed E-state index contributed by atoms with van der Waals surface area (Å²) in [6.07, 6.45) is 0. The average Bonchev–Trinajstić information content (AvgIpc) is 3.89. The van der Waals surface area contributed by atoms with E-state index in [9.17, 15) is 0 Å². The van der Waals surface area contributed by atoms with Gasteiger partial charge in [-0.2, -0.15) is 0 Å². The molecule has 0 saturated heterocycles. The van der Waals surface area contributed by atoms with E-state index in [1.165, 1.54) is 33.0 Å². The zero-order valence-corrected chi connectivity index (χ0v) is 35.7. The van der Waals surface area contributed by atoms with Crippen LogP contribution in [0.4, 0.5) is 34.1 Å². The molecule has 10 aromatic carbocycles. The third-order valence-corrected chi connectivity index (χ3v) is 12.1. The Bertz CT molecular complexity index is 3220. The Morgan fingerprint density at radius 2 is 0.523 bits per heavy atom. The maximum atomic E-state index is 6.33. The van der Waals surface area contributed by atoms with Crippen molar-refractivity contribution in [3.05, 3.63) is 267 Å². The Labute approximate surface area is 380 Å². The zero-order valence-electron chi connectivity index (χ0n) is 35.7. The molecule has 0 fully saturated rings. The van der Waals surface area contributed by atoms with Gasteiger partial charge in [0.25, 0.3) is 0 Å². The van der Waals surface area contributed by atoms with Gasteiger partial charge in [-0.25, -0.2) is 0 Å². The highest BCUT2D eigenvalue weighted by atomic mass is 16.3. The lowest BCUT2D eigenvalue weighted by molar-refractivity contribution is 0.597. The van der Waals surface area contributed by atoms with E-state index in [0.717, 1.165) is 67.9 Å². The molecule has 0 radical (unpaired) electrons. The van der Waals surface area contributed by atoms with Crippen LogP contribution in [0.3, 0.4) is 0 Å². The van der Waals surface area contributed by atoms with Crippen LogP contribution in [-0.2, 0) is 0 Å². The summed E-state index contributed by atoms with van der Waals surface area (Å²) in [6.45, 7) is 0. The minimum Gasteiger partial charge on any atom is -0.456 e. The third kappa shape index (κ3) is 8.11. The summed E-state index contributed by atoms with van der Waals surface area (Å²) in [7, 11) is 0. The number of fused-ring (bicyclic) bond motifs is 1. The van der Waals surface area contributed by atoms with Crippen LogP contribution in [0.5, 0.6) is 0 Å². The lowest BCUT2D eigenvalue weighted by Gasteiger charge is -2.27. The number of furan rings is 1. The van der Waals surface area contributed by atoms with Gasteiger partial charge in [-0.05, 0) is 130 Å². The Morgan fingerprint density at radius 1 is 0.215 bits per heavy atom. The summed E-state index contributed by atoms with van der Waals surface area (Å²) >= 11 is 0. The summed E-state index contributed by atoms with van der Waals surface area (Å²) in [4.78, 5) is 4.68. The molecule has 11 rings (SSSR count). The van der Waals surface area contributed by atoms with E-state index < -0.39 is 0 Å². The minimum absolute atomic E-state index is 0.840. The highest BCUT2D eigenvalue weighted by Crippen LogP contribution is 2.42. The first-order chi connectivity index (χ1) is 32.2. The molecular formula is C62H44N2O. The van der Waals surface area contributed by atoms with Crippen LogP contribution in [0.2, 0.25) is 0 Å². The summed E-state index contributed by atoms with van der Waals surface area (Å²) in [6, 6.07) is 94.7. The number of hydrogen-bond acceptors (Lipinski definition) is 3. The fourth-order valence-electron chi connectivity index (χ4n) is 8.78. The van der Waals surface area contributed by atoms with Gasteiger partial charge in [0.05, 0.1) is 5.69 Å². The van der Waals surface area contributed by atoms with Crippen LogP contribution in [0.1, 0.15) is 0 Å². The molecule has 0 spiro atoms. The van der Waals surface area contributed by atoms with Crippen molar-refractivity contribution in [1.82, 2.24) is 0 Å². The van der Waals surface area contributed by atoms with Crippen molar-refractivity contribution in [1.29, 1.82) is 0 Å². The average molecular weight is 833 g/mol. The van der Waals surface area contributed by atoms with E-state index in [0.29, 0.717) is 0 Å². The lowest BCUT2D eigenvalue weighted by Crippen LogP contribution is -2.10. The molecule has 0 unspecified atom stereocenters. The fourth-order valence-corrected chi connectivity index (χ4v) is 8.78. The molecule has 0 aliphatic heterocycles. The Hall–Kier alpha value is -8.66. The minimum atomic E-state index is 0.840. The summed E-state index contributed by atoms with van der Waals surface area (Å²) in [5.74, 6) is 1.70. The van der Waals surface area contributed by atoms with Crippen molar-refractivity contribution >= 4 is 44.9 Å². The summed E-state index contributed by atoms with van der Waals surface area (Å²) < 4.78 is 6.33. The van der Waals surface area contributed by atoms with Crippen LogP contribution in [0.25, 0.3) is 66.8 Å². The van der Waals surface area contributed by atoms with Crippen molar-refractivity contribution in [2.24, 2.45) is 0 Å². The van der Waals surface area contributed by atoms with Crippen molar-refractivity contribution in [2.75, 3.05) is 9.80 Å². The van der Waals surface area contributed by atoms with E-state index in [1.807, 2.05) is 24.3 Å². The molecule has 0 amide bonds. The van der Waals surface area contributed by atoms with E-state index >= 15 is 0 Å². The molecule has 308 valence electrons. The van der Waals surface area contributed by atoms with Gasteiger partial charge in [0, 0.05) is 45.0 Å². The normalized spacial score (nSPS) is 11.1. The molecule has 3 heteroatoms. The van der Waals surface area contributed by atoms with Gasteiger partial charge >= 0.3 is 0 Å². The number of benzene rings is 10. The van der Waals surface area contributed by atoms with E-state index in [1.54, 1.807) is 0 Å². The quantitative estimate of drug-likeness (QED) is 0.129. The molecule has 0 atom stereocenters. The summed E-state index contributed by atoms with van der Waals surface area (Å²) in [5, 5.41) is 2.38. The second-order valence-electron chi connectivity index (χ2n) is 16.2. The van der Waals surface area contributed by atoms with Gasteiger partial charge in [0.2, 0.25) is 0 Å². The van der Waals surface area contributed by atoms with Crippen LogP contribution >= 0.6 is 0 Å². The number of hydrogen-bond donors (Lipinski definition) is 0. The first kappa shape index (κ1) is 39.2. The van der Waals surface area contributed by atoms with Crippen LogP contribution in [-0.4, -0.2) is 0 Å². The Balaban J connectivity index is 0.909. The van der Waals surface area contributed by atoms with Gasteiger partial charge in [0.15, 0.2) is 0 Å². The maximum Gasteiger partial charge on any atom is 0.134 e. The predicted molar refractivity (Wildman–Crippen MR) is 273 cm³/mol. The third-order valence-electron chi connectivity index (χ3n) is 12.1. The van der Waals surface area contributed by atoms with Gasteiger partial charge < -0.3 is 14.2 Å². The Kier molecular flexibility index (Phi) is 10.6. The topological polar surface area (TPSA) is 19.6 Å². The second kappa shape index (κ2) is 17.6. The highest BCUT2D eigenvalue weighted by Gasteiger charge is 2.18. The molecular weight excluding hydrogens is 789 g/mol. The molecule has 0 bridgehead atoms. The van der Waals surface area contributed by atoms with E-state index in [-0.39, 0.29) is 0 Å². The monoisotopic (exact) mass is 832 g/mol. The number of rotatable bonds is 11. The Morgan fingerprint density at radius 3 is 0.954 bits per heavy atom. The van der Waals surface area contributed by atoms with Gasteiger partial charge in [0.1, 0.15) is 11.5 Å². The molecule has 0 aliphatic rings. The largest absolute Gasteiger partial charge is 0.456 e. The van der Waals surface area contributed by atoms with Crippen molar-refractivity contribution in [3.63, 3.8) is 0 Å². The first-order valence-electron chi connectivity index (χ1n) is 22.1. The van der Waals surface area contributed by atoms with Crippen LogP contribution in [0, 0.1) is 0 Å². The smallest absolute Gasteiger partial charge is 0.134 e. The molecule has 65 heavy (non-hydrogen) atoms. The molecule has 3 nitrogen and oxygen atoms in total.